The van der Waals surface area contributed by atoms with Gasteiger partial charge < -0.3 is 15.4 Å². The molecule has 0 bridgehead atoms. The number of carbonyl (C=O) groups is 1. The minimum atomic E-state index is -3.68. The Kier molecular flexibility index (Phi) is 6.37. The number of aryl methyl sites for hydroxylation is 1. The molecule has 0 atom stereocenters. The van der Waals surface area contributed by atoms with Crippen LogP contribution in [0.4, 0.5) is 4.79 Å². The van der Waals surface area contributed by atoms with Crippen LogP contribution in [-0.2, 0) is 16.4 Å². The van der Waals surface area contributed by atoms with Gasteiger partial charge in [0.1, 0.15) is 5.75 Å². The minimum absolute atomic E-state index is 0.0650. The van der Waals surface area contributed by atoms with Gasteiger partial charge in [-0.1, -0.05) is 29.8 Å². The Hall–Kier alpha value is -2.58. The van der Waals surface area contributed by atoms with Crippen LogP contribution in [0.1, 0.15) is 11.1 Å². The van der Waals surface area contributed by atoms with Crippen molar-refractivity contribution in [3.8, 4) is 5.75 Å². The second kappa shape index (κ2) is 8.50. The van der Waals surface area contributed by atoms with Crippen molar-refractivity contribution in [2.75, 3.05) is 13.3 Å². The lowest BCUT2D eigenvalue weighted by atomic mass is 10.1. The van der Waals surface area contributed by atoms with Gasteiger partial charge >= 0.3 is 6.03 Å². The van der Waals surface area contributed by atoms with Crippen LogP contribution in [-0.4, -0.2) is 27.7 Å². The van der Waals surface area contributed by atoms with Gasteiger partial charge in [0.25, 0.3) is 0 Å². The fraction of sp³-hybridized carbons (Fsp3) is 0.235. The van der Waals surface area contributed by atoms with Gasteiger partial charge in [-0.25, -0.2) is 18.4 Å². The molecule has 0 aliphatic rings. The van der Waals surface area contributed by atoms with Crippen molar-refractivity contribution >= 4 is 16.1 Å². The normalized spacial score (nSPS) is 11.0. The van der Waals surface area contributed by atoms with Crippen LogP contribution in [0.25, 0.3) is 0 Å². The van der Waals surface area contributed by atoms with Gasteiger partial charge in [0.2, 0.25) is 10.0 Å². The van der Waals surface area contributed by atoms with Crippen LogP contribution in [0.2, 0.25) is 0 Å². The molecule has 7 nitrogen and oxygen atoms in total. The number of hydrogen-bond acceptors (Lipinski definition) is 4. The maximum absolute atomic E-state index is 11.7. The summed E-state index contributed by atoms with van der Waals surface area (Å²) in [6.45, 7) is 2.46. The largest absolute Gasteiger partial charge is 0.473 e. The Bertz CT molecular complexity index is 803. The van der Waals surface area contributed by atoms with Crippen molar-refractivity contribution in [1.82, 2.24) is 10.6 Å². The highest BCUT2D eigenvalue weighted by Gasteiger charge is 2.06. The first-order chi connectivity index (χ1) is 11.8. The second-order valence-corrected chi connectivity index (χ2v) is 7.03. The number of ether oxygens (including phenoxy) is 1. The maximum Gasteiger partial charge on any atom is 0.317 e. The third-order valence-electron chi connectivity index (χ3n) is 3.44. The summed E-state index contributed by atoms with van der Waals surface area (Å²) in [5, 5.41) is 10.3. The summed E-state index contributed by atoms with van der Waals surface area (Å²) >= 11 is 0. The molecule has 0 saturated heterocycles. The molecule has 0 heterocycles. The molecule has 0 aliphatic heterocycles. The van der Waals surface area contributed by atoms with Gasteiger partial charge in [-0.05, 0) is 43.2 Å². The molecule has 25 heavy (non-hydrogen) atoms. The third-order valence-corrected chi connectivity index (χ3v) is 4.37. The molecular formula is C17H21N3O4S. The maximum atomic E-state index is 11.7. The molecule has 0 spiro atoms. The van der Waals surface area contributed by atoms with E-state index in [4.69, 9.17) is 9.88 Å². The number of nitrogens with two attached hydrogens (primary N) is 1. The zero-order valence-corrected chi connectivity index (χ0v) is 14.7. The third kappa shape index (κ3) is 6.44. The van der Waals surface area contributed by atoms with E-state index < -0.39 is 10.0 Å². The fourth-order valence-electron chi connectivity index (χ4n) is 2.05. The highest BCUT2D eigenvalue weighted by molar-refractivity contribution is 7.89. The van der Waals surface area contributed by atoms with Crippen molar-refractivity contribution in [2.24, 2.45) is 5.14 Å². The number of benzene rings is 2. The fourth-order valence-corrected chi connectivity index (χ4v) is 2.56. The van der Waals surface area contributed by atoms with E-state index in [-0.39, 0.29) is 17.7 Å². The molecule has 0 unspecified atom stereocenters. The lowest BCUT2D eigenvalue weighted by Gasteiger charge is -2.09. The standard InChI is InChI=1S/C17H21N3O4S/c1-13-2-6-15(7-3-13)24-12-20-17(21)19-11-10-14-4-8-16(9-5-14)25(18,22)23/h2-9H,10-12H2,1H3,(H2,18,22,23)(H2,19,20,21). The molecule has 0 fully saturated rings. The van der Waals surface area contributed by atoms with Crippen LogP contribution in [0, 0.1) is 6.92 Å². The lowest BCUT2D eigenvalue weighted by molar-refractivity contribution is 0.224. The molecule has 2 amide bonds. The van der Waals surface area contributed by atoms with E-state index in [1.807, 2.05) is 31.2 Å². The van der Waals surface area contributed by atoms with Gasteiger partial charge in [-0.2, -0.15) is 0 Å². The number of amides is 2. The van der Waals surface area contributed by atoms with E-state index in [1.54, 1.807) is 12.1 Å². The summed E-state index contributed by atoms with van der Waals surface area (Å²) in [7, 11) is -3.68. The molecule has 2 aromatic rings. The van der Waals surface area contributed by atoms with E-state index in [9.17, 15) is 13.2 Å². The second-order valence-electron chi connectivity index (χ2n) is 5.47. The first kappa shape index (κ1) is 18.8. The van der Waals surface area contributed by atoms with Crippen molar-refractivity contribution in [1.29, 1.82) is 0 Å². The highest BCUT2D eigenvalue weighted by Crippen LogP contribution is 2.10. The summed E-state index contributed by atoms with van der Waals surface area (Å²) in [4.78, 5) is 11.7. The van der Waals surface area contributed by atoms with E-state index in [0.717, 1.165) is 11.1 Å². The van der Waals surface area contributed by atoms with Crippen molar-refractivity contribution in [3.05, 3.63) is 59.7 Å². The number of hydrogen-bond donors (Lipinski definition) is 3. The molecule has 0 aliphatic carbocycles. The van der Waals surface area contributed by atoms with Crippen LogP contribution in [0.15, 0.2) is 53.4 Å². The molecule has 2 rings (SSSR count). The lowest BCUT2D eigenvalue weighted by Crippen LogP contribution is -2.38. The van der Waals surface area contributed by atoms with Gasteiger partial charge in [0.05, 0.1) is 4.90 Å². The summed E-state index contributed by atoms with van der Waals surface area (Å²) in [5.74, 6) is 0.681. The van der Waals surface area contributed by atoms with Gasteiger partial charge in [0, 0.05) is 6.54 Å². The van der Waals surface area contributed by atoms with Crippen LogP contribution in [0.5, 0.6) is 5.75 Å². The molecule has 0 saturated carbocycles. The van der Waals surface area contributed by atoms with Crippen LogP contribution in [0.3, 0.4) is 0 Å². The molecule has 4 N–H and O–H groups in total. The van der Waals surface area contributed by atoms with Crippen molar-refractivity contribution < 1.29 is 17.9 Å². The topological polar surface area (TPSA) is 111 Å². The van der Waals surface area contributed by atoms with E-state index in [2.05, 4.69) is 10.6 Å². The Morgan fingerprint density at radius 2 is 1.68 bits per heavy atom. The Morgan fingerprint density at radius 3 is 2.28 bits per heavy atom. The van der Waals surface area contributed by atoms with Crippen LogP contribution >= 0.6 is 0 Å². The predicted octanol–water partition coefficient (Wildman–Crippen LogP) is 1.52. The molecule has 0 aromatic heterocycles. The molecule has 0 radical (unpaired) electrons. The van der Waals surface area contributed by atoms with Gasteiger partial charge in [-0.15, -0.1) is 0 Å². The Labute approximate surface area is 147 Å². The number of carbonyl (C=O) groups excluding carboxylic acids is 1. The highest BCUT2D eigenvalue weighted by atomic mass is 32.2. The first-order valence-corrected chi connectivity index (χ1v) is 9.22. The summed E-state index contributed by atoms with van der Waals surface area (Å²) < 4.78 is 27.7. The average molecular weight is 363 g/mol. The summed E-state index contributed by atoms with van der Waals surface area (Å²) in [6.07, 6.45) is 0.567. The van der Waals surface area contributed by atoms with Gasteiger partial charge in [-0.3, -0.25) is 0 Å². The number of urea groups is 1. The number of primary sulfonamides is 1. The number of nitrogens with one attached hydrogen (secondary N) is 2. The summed E-state index contributed by atoms with van der Waals surface area (Å²) in [6, 6.07) is 13.4. The Morgan fingerprint density at radius 1 is 1.04 bits per heavy atom. The zero-order chi connectivity index (χ0) is 18.3. The van der Waals surface area contributed by atoms with E-state index in [1.165, 1.54) is 12.1 Å². The first-order valence-electron chi connectivity index (χ1n) is 7.67. The van der Waals surface area contributed by atoms with Crippen molar-refractivity contribution in [2.45, 2.75) is 18.2 Å². The van der Waals surface area contributed by atoms with Crippen LogP contribution < -0.4 is 20.5 Å². The molecule has 134 valence electrons. The molecular weight excluding hydrogens is 342 g/mol. The monoisotopic (exact) mass is 363 g/mol. The summed E-state index contributed by atoms with van der Waals surface area (Å²) in [5.41, 5.74) is 2.03. The van der Waals surface area contributed by atoms with E-state index in [0.29, 0.717) is 18.7 Å². The van der Waals surface area contributed by atoms with Gasteiger partial charge in [0.15, 0.2) is 6.73 Å². The SMILES string of the molecule is Cc1ccc(OCNC(=O)NCCc2ccc(S(N)(=O)=O)cc2)cc1. The number of rotatable bonds is 7. The predicted molar refractivity (Wildman–Crippen MR) is 94.7 cm³/mol. The smallest absolute Gasteiger partial charge is 0.317 e. The molecule has 8 heteroatoms. The molecule has 2 aromatic carbocycles. The quantitative estimate of drug-likeness (QED) is 0.648. The Balaban J connectivity index is 1.67. The van der Waals surface area contributed by atoms with Crippen molar-refractivity contribution in [3.63, 3.8) is 0 Å². The average Bonchev–Trinajstić information content (AvgIpc) is 2.56. The zero-order valence-electron chi connectivity index (χ0n) is 13.9. The van der Waals surface area contributed by atoms with E-state index >= 15 is 0 Å². The number of sulfonamides is 1. The minimum Gasteiger partial charge on any atom is -0.473 e.